The van der Waals surface area contributed by atoms with Crippen molar-refractivity contribution in [2.75, 3.05) is 11.4 Å². The molecule has 1 atom stereocenters. The van der Waals surface area contributed by atoms with Crippen molar-refractivity contribution in [3.05, 3.63) is 23.8 Å². The van der Waals surface area contributed by atoms with Gasteiger partial charge in [-0.1, -0.05) is 39.0 Å². The Balaban J connectivity index is 1.48. The summed E-state index contributed by atoms with van der Waals surface area (Å²) < 4.78 is 6.17. The molecule has 2 aliphatic rings. The second kappa shape index (κ2) is 11.0. The Morgan fingerprint density at radius 3 is 2.62 bits per heavy atom. The maximum atomic E-state index is 13.0. The zero-order valence-corrected chi connectivity index (χ0v) is 18.5. The predicted molar refractivity (Wildman–Crippen MR) is 121 cm³/mol. The molecule has 1 fully saturated rings. The minimum absolute atomic E-state index is 0.147. The van der Waals surface area contributed by atoms with Gasteiger partial charge in [0.2, 0.25) is 5.91 Å². The molecule has 0 radical (unpaired) electrons. The average molecular weight is 401 g/mol. The highest BCUT2D eigenvalue weighted by Gasteiger charge is 2.32. The molecule has 1 unspecified atom stereocenters. The topological polar surface area (TPSA) is 55.6 Å². The Morgan fingerprint density at radius 2 is 1.86 bits per heavy atom. The van der Waals surface area contributed by atoms with E-state index in [1.807, 2.05) is 11.0 Å². The van der Waals surface area contributed by atoms with Crippen molar-refractivity contribution < 1.29 is 9.53 Å². The van der Waals surface area contributed by atoms with Gasteiger partial charge in [-0.25, -0.2) is 0 Å². The molecule has 0 saturated heterocycles. The lowest BCUT2D eigenvalue weighted by atomic mass is 9.85. The average Bonchev–Trinajstić information content (AvgIpc) is 3.14. The van der Waals surface area contributed by atoms with E-state index in [0.717, 1.165) is 56.5 Å². The highest BCUT2D eigenvalue weighted by molar-refractivity contribution is 5.97. The number of fused-ring (bicyclic) bond motifs is 1. The fourth-order valence-corrected chi connectivity index (χ4v) is 4.77. The van der Waals surface area contributed by atoms with Crippen LogP contribution in [0.2, 0.25) is 0 Å². The second-order valence-corrected chi connectivity index (χ2v) is 9.13. The van der Waals surface area contributed by atoms with Crippen molar-refractivity contribution in [3.8, 4) is 5.75 Å². The Labute approximate surface area is 177 Å². The lowest BCUT2D eigenvalue weighted by Gasteiger charge is -2.29. The van der Waals surface area contributed by atoms with Gasteiger partial charge < -0.3 is 15.4 Å². The molecule has 29 heavy (non-hydrogen) atoms. The summed E-state index contributed by atoms with van der Waals surface area (Å²) in [6.07, 6.45) is 14.0. The summed E-state index contributed by atoms with van der Waals surface area (Å²) in [5.41, 5.74) is 8.33. The van der Waals surface area contributed by atoms with Gasteiger partial charge in [0.25, 0.3) is 0 Å². The zero-order valence-electron chi connectivity index (χ0n) is 18.5. The summed E-state index contributed by atoms with van der Waals surface area (Å²) in [6.45, 7) is 5.23. The number of benzene rings is 1. The number of rotatable bonds is 10. The molecule has 1 aliphatic carbocycles. The fraction of sp³-hybridized carbons (Fsp3) is 0.720. The molecule has 4 nitrogen and oxygen atoms in total. The van der Waals surface area contributed by atoms with Crippen molar-refractivity contribution in [1.82, 2.24) is 0 Å². The normalized spacial score (nSPS) is 22.4. The van der Waals surface area contributed by atoms with Crippen LogP contribution in [0.25, 0.3) is 0 Å². The summed E-state index contributed by atoms with van der Waals surface area (Å²) in [5, 5.41) is 0. The largest absolute Gasteiger partial charge is 0.491 e. The number of amides is 1. The van der Waals surface area contributed by atoms with Gasteiger partial charge in [0, 0.05) is 24.2 Å². The van der Waals surface area contributed by atoms with E-state index in [2.05, 4.69) is 26.0 Å². The molecule has 0 spiro atoms. The molecule has 4 heteroatoms. The molecule has 162 valence electrons. The van der Waals surface area contributed by atoms with Crippen LogP contribution in [-0.2, 0) is 11.2 Å². The number of ether oxygens (including phenoxy) is 1. The third-order valence-electron chi connectivity index (χ3n) is 6.64. The third kappa shape index (κ3) is 6.21. The SMILES string of the molecule is CCCCCCCCC(C)Oc1ccc2c(c1)CCN2C(=O)C1CCC(N)CC1. The van der Waals surface area contributed by atoms with Crippen molar-refractivity contribution >= 4 is 11.6 Å². The predicted octanol–water partition coefficient (Wildman–Crippen LogP) is 5.61. The van der Waals surface area contributed by atoms with Crippen molar-refractivity contribution in [2.24, 2.45) is 11.7 Å². The van der Waals surface area contributed by atoms with Crippen LogP contribution in [0, 0.1) is 5.92 Å². The van der Waals surface area contributed by atoms with Crippen molar-refractivity contribution in [3.63, 3.8) is 0 Å². The van der Waals surface area contributed by atoms with Crippen LogP contribution in [0.3, 0.4) is 0 Å². The minimum Gasteiger partial charge on any atom is -0.491 e. The Kier molecular flexibility index (Phi) is 8.40. The first-order chi connectivity index (χ1) is 14.1. The molecule has 1 aromatic rings. The smallest absolute Gasteiger partial charge is 0.230 e. The van der Waals surface area contributed by atoms with E-state index in [-0.39, 0.29) is 18.1 Å². The van der Waals surface area contributed by atoms with Crippen LogP contribution in [0.4, 0.5) is 5.69 Å². The molecule has 1 amide bonds. The number of nitrogens with two attached hydrogens (primary N) is 1. The molecular formula is C25H40N2O2. The van der Waals surface area contributed by atoms with Crippen LogP contribution < -0.4 is 15.4 Å². The molecule has 1 heterocycles. The van der Waals surface area contributed by atoms with Crippen LogP contribution in [0.15, 0.2) is 18.2 Å². The fourth-order valence-electron chi connectivity index (χ4n) is 4.77. The number of nitrogens with zero attached hydrogens (tertiary/aromatic N) is 1. The van der Waals surface area contributed by atoms with Gasteiger partial charge in [-0.05, 0) is 75.6 Å². The van der Waals surface area contributed by atoms with Gasteiger partial charge in [-0.15, -0.1) is 0 Å². The molecule has 1 saturated carbocycles. The first-order valence-corrected chi connectivity index (χ1v) is 11.9. The van der Waals surface area contributed by atoms with Crippen LogP contribution >= 0.6 is 0 Å². The molecule has 1 aromatic carbocycles. The van der Waals surface area contributed by atoms with E-state index in [1.165, 1.54) is 44.1 Å². The highest BCUT2D eigenvalue weighted by atomic mass is 16.5. The second-order valence-electron chi connectivity index (χ2n) is 9.13. The van der Waals surface area contributed by atoms with Crippen molar-refractivity contribution in [2.45, 2.75) is 103 Å². The Hall–Kier alpha value is -1.55. The Bertz CT molecular complexity index is 652. The van der Waals surface area contributed by atoms with E-state index >= 15 is 0 Å². The molecule has 0 bridgehead atoms. The van der Waals surface area contributed by atoms with E-state index < -0.39 is 0 Å². The summed E-state index contributed by atoms with van der Waals surface area (Å²) in [7, 11) is 0. The first kappa shape index (κ1) is 22.1. The number of anilines is 1. The van der Waals surface area contributed by atoms with E-state index in [0.29, 0.717) is 5.91 Å². The summed E-state index contributed by atoms with van der Waals surface area (Å²) >= 11 is 0. The standard InChI is InChI=1S/C25H40N2O2/c1-3-4-5-6-7-8-9-19(2)29-23-14-15-24-21(18-23)16-17-27(24)25(28)20-10-12-22(26)13-11-20/h14-15,18-20,22H,3-13,16-17,26H2,1-2H3. The summed E-state index contributed by atoms with van der Waals surface area (Å²) in [5.74, 6) is 1.38. The zero-order chi connectivity index (χ0) is 20.6. The lowest BCUT2D eigenvalue weighted by molar-refractivity contribution is -0.123. The number of hydrogen-bond donors (Lipinski definition) is 1. The summed E-state index contributed by atoms with van der Waals surface area (Å²) in [6, 6.07) is 6.56. The van der Waals surface area contributed by atoms with Crippen LogP contribution in [0.1, 0.15) is 90.0 Å². The van der Waals surface area contributed by atoms with Crippen LogP contribution in [-0.4, -0.2) is 24.6 Å². The van der Waals surface area contributed by atoms with Crippen molar-refractivity contribution in [1.29, 1.82) is 0 Å². The Morgan fingerprint density at radius 1 is 1.14 bits per heavy atom. The first-order valence-electron chi connectivity index (χ1n) is 11.9. The third-order valence-corrected chi connectivity index (χ3v) is 6.64. The van der Waals surface area contributed by atoms with Gasteiger partial charge in [0.1, 0.15) is 5.75 Å². The molecule has 1 aliphatic heterocycles. The van der Waals surface area contributed by atoms with Gasteiger partial charge >= 0.3 is 0 Å². The summed E-state index contributed by atoms with van der Waals surface area (Å²) in [4.78, 5) is 15.0. The monoisotopic (exact) mass is 400 g/mol. The van der Waals surface area contributed by atoms with E-state index in [4.69, 9.17) is 10.5 Å². The van der Waals surface area contributed by atoms with E-state index in [9.17, 15) is 4.79 Å². The highest BCUT2D eigenvalue weighted by Crippen LogP contribution is 2.35. The quantitative estimate of drug-likeness (QED) is 0.519. The van der Waals surface area contributed by atoms with E-state index in [1.54, 1.807) is 0 Å². The maximum Gasteiger partial charge on any atom is 0.230 e. The molecule has 2 N–H and O–H groups in total. The number of carbonyl (C=O) groups is 1. The number of carbonyl (C=O) groups excluding carboxylic acids is 1. The minimum atomic E-state index is 0.147. The number of hydrogen-bond acceptors (Lipinski definition) is 3. The van der Waals surface area contributed by atoms with Gasteiger partial charge in [0.15, 0.2) is 0 Å². The van der Waals surface area contributed by atoms with Crippen LogP contribution in [0.5, 0.6) is 5.75 Å². The molecule has 0 aromatic heterocycles. The van der Waals surface area contributed by atoms with Gasteiger partial charge in [-0.3, -0.25) is 4.79 Å². The lowest BCUT2D eigenvalue weighted by Crippen LogP contribution is -2.38. The molecular weight excluding hydrogens is 360 g/mol. The van der Waals surface area contributed by atoms with Gasteiger partial charge in [-0.2, -0.15) is 0 Å². The number of unbranched alkanes of at least 4 members (excludes halogenated alkanes) is 5. The van der Waals surface area contributed by atoms with Gasteiger partial charge in [0.05, 0.1) is 6.10 Å². The maximum absolute atomic E-state index is 13.0. The molecule has 3 rings (SSSR count).